The molecule has 18 heavy (non-hydrogen) atoms. The van der Waals surface area contributed by atoms with Gasteiger partial charge in [-0.05, 0) is 12.1 Å². The lowest BCUT2D eigenvalue weighted by molar-refractivity contribution is -0.141. The highest BCUT2D eigenvalue weighted by atomic mass is 32.1. The van der Waals surface area contributed by atoms with Crippen LogP contribution >= 0.6 is 11.5 Å². The molecule has 0 aliphatic rings. The van der Waals surface area contributed by atoms with E-state index < -0.39 is 12.0 Å². The van der Waals surface area contributed by atoms with Crippen LogP contribution in [0.2, 0.25) is 0 Å². The second-order valence-electron chi connectivity index (χ2n) is 3.85. The molecule has 0 fully saturated rings. The van der Waals surface area contributed by atoms with Crippen LogP contribution in [-0.2, 0) is 9.53 Å². The van der Waals surface area contributed by atoms with Crippen LogP contribution in [0, 0.1) is 0 Å². The molecule has 1 aromatic heterocycles. The van der Waals surface area contributed by atoms with E-state index >= 15 is 0 Å². The Balaban J connectivity index is 2.47. The normalized spacial score (nSPS) is 12.7. The molecular formula is C12H13NO4S. The maximum Gasteiger partial charge on any atom is 0.327 e. The van der Waals surface area contributed by atoms with Crippen LogP contribution in [0.3, 0.4) is 0 Å². The predicted molar refractivity (Wildman–Crippen MR) is 69.3 cm³/mol. The monoisotopic (exact) mass is 267 g/mol. The highest BCUT2D eigenvalue weighted by molar-refractivity contribution is 7.13. The highest BCUT2D eigenvalue weighted by Crippen LogP contribution is 2.21. The smallest absolute Gasteiger partial charge is 0.327 e. The molecular weight excluding hydrogens is 254 g/mol. The van der Waals surface area contributed by atoms with Crippen molar-refractivity contribution in [3.05, 3.63) is 34.6 Å². The largest absolute Gasteiger partial charge is 0.480 e. The Hall–Kier alpha value is -1.66. The summed E-state index contributed by atoms with van der Waals surface area (Å²) in [5.41, 5.74) is -0.251. The fraction of sp³-hybridized carbons (Fsp3) is 0.333. The SMILES string of the molecule is COCCC(C(=O)O)n1sc2ccccc2c1=O. The number of aliphatic carboxylic acids is 1. The number of fused-ring (bicyclic) bond motifs is 1. The minimum absolute atomic E-state index is 0.251. The molecule has 6 heteroatoms. The molecule has 0 aliphatic heterocycles. The molecule has 1 aromatic carbocycles. The summed E-state index contributed by atoms with van der Waals surface area (Å²) in [5, 5.41) is 9.76. The van der Waals surface area contributed by atoms with Crippen molar-refractivity contribution in [2.45, 2.75) is 12.5 Å². The molecule has 0 bridgehead atoms. The van der Waals surface area contributed by atoms with Crippen molar-refractivity contribution in [1.82, 2.24) is 3.96 Å². The van der Waals surface area contributed by atoms with Crippen molar-refractivity contribution in [2.24, 2.45) is 0 Å². The summed E-state index contributed by atoms with van der Waals surface area (Å²) < 4.78 is 6.99. The number of carbonyl (C=O) groups is 1. The number of benzene rings is 1. The number of hydrogen-bond donors (Lipinski definition) is 1. The Bertz CT molecular complexity index is 616. The molecule has 5 nitrogen and oxygen atoms in total. The van der Waals surface area contributed by atoms with Gasteiger partial charge in [-0.25, -0.2) is 8.75 Å². The average Bonchev–Trinajstić information content (AvgIpc) is 2.68. The molecule has 1 N–H and O–H groups in total. The van der Waals surface area contributed by atoms with Crippen LogP contribution in [0.5, 0.6) is 0 Å². The molecule has 1 heterocycles. The number of nitrogens with zero attached hydrogens (tertiary/aromatic N) is 1. The summed E-state index contributed by atoms with van der Waals surface area (Å²) in [7, 11) is 1.51. The van der Waals surface area contributed by atoms with Crippen LogP contribution in [0.1, 0.15) is 12.5 Å². The number of carboxylic acids is 1. The van der Waals surface area contributed by atoms with Gasteiger partial charge in [-0.15, -0.1) is 0 Å². The Morgan fingerprint density at radius 1 is 1.50 bits per heavy atom. The number of hydrogen-bond acceptors (Lipinski definition) is 4. The molecule has 0 amide bonds. The molecule has 0 saturated heterocycles. The van der Waals surface area contributed by atoms with E-state index in [0.29, 0.717) is 12.0 Å². The van der Waals surface area contributed by atoms with Crippen LogP contribution in [-0.4, -0.2) is 28.7 Å². The number of aromatic nitrogens is 1. The standard InChI is InChI=1S/C12H13NO4S/c1-17-7-6-9(12(15)16)13-11(14)8-4-2-3-5-10(8)18-13/h2-5,9H,6-7H2,1H3,(H,15,16). The fourth-order valence-electron chi connectivity index (χ4n) is 1.76. The van der Waals surface area contributed by atoms with Crippen molar-refractivity contribution in [2.75, 3.05) is 13.7 Å². The lowest BCUT2D eigenvalue weighted by atomic mass is 10.2. The highest BCUT2D eigenvalue weighted by Gasteiger charge is 2.23. The zero-order valence-electron chi connectivity index (χ0n) is 9.83. The minimum Gasteiger partial charge on any atom is -0.480 e. The van der Waals surface area contributed by atoms with E-state index in [1.807, 2.05) is 12.1 Å². The summed E-state index contributed by atoms with van der Waals surface area (Å²) in [6.07, 6.45) is 0.276. The maximum absolute atomic E-state index is 12.1. The molecule has 2 rings (SSSR count). The maximum atomic E-state index is 12.1. The Morgan fingerprint density at radius 3 is 2.83 bits per heavy atom. The van der Waals surface area contributed by atoms with Gasteiger partial charge in [0.1, 0.15) is 6.04 Å². The van der Waals surface area contributed by atoms with Crippen molar-refractivity contribution < 1.29 is 14.6 Å². The van der Waals surface area contributed by atoms with Gasteiger partial charge in [0.2, 0.25) is 0 Å². The van der Waals surface area contributed by atoms with Crippen molar-refractivity contribution in [3.8, 4) is 0 Å². The van der Waals surface area contributed by atoms with Crippen molar-refractivity contribution >= 4 is 27.6 Å². The van der Waals surface area contributed by atoms with Crippen LogP contribution in [0.4, 0.5) is 0 Å². The molecule has 96 valence electrons. The van der Waals surface area contributed by atoms with E-state index in [4.69, 9.17) is 4.74 Å². The average molecular weight is 267 g/mol. The lowest BCUT2D eigenvalue weighted by Gasteiger charge is -2.11. The van der Waals surface area contributed by atoms with E-state index in [1.54, 1.807) is 12.1 Å². The zero-order chi connectivity index (χ0) is 13.1. The number of rotatable bonds is 5. The fourth-order valence-corrected chi connectivity index (χ4v) is 2.87. The van der Waals surface area contributed by atoms with Gasteiger partial charge < -0.3 is 9.84 Å². The molecule has 2 aromatic rings. The van der Waals surface area contributed by atoms with Gasteiger partial charge >= 0.3 is 5.97 Å². The van der Waals surface area contributed by atoms with E-state index in [0.717, 1.165) is 4.70 Å². The summed E-state index contributed by atoms with van der Waals surface area (Å²) in [4.78, 5) is 23.3. The van der Waals surface area contributed by atoms with Gasteiger partial charge in [0, 0.05) is 20.1 Å². The van der Waals surface area contributed by atoms with E-state index in [2.05, 4.69) is 0 Å². The third-order valence-electron chi connectivity index (χ3n) is 2.68. The van der Waals surface area contributed by atoms with Gasteiger partial charge in [-0.1, -0.05) is 23.7 Å². The third kappa shape index (κ3) is 2.30. The van der Waals surface area contributed by atoms with E-state index in [-0.39, 0.29) is 12.0 Å². The topological polar surface area (TPSA) is 68.5 Å². The quantitative estimate of drug-likeness (QED) is 0.895. The first-order valence-electron chi connectivity index (χ1n) is 5.47. The first-order chi connectivity index (χ1) is 8.65. The van der Waals surface area contributed by atoms with E-state index in [9.17, 15) is 14.7 Å². The molecule has 1 atom stereocenters. The van der Waals surface area contributed by atoms with Gasteiger partial charge in [0.05, 0.1) is 10.1 Å². The first kappa shape index (κ1) is 12.8. The zero-order valence-corrected chi connectivity index (χ0v) is 10.6. The Labute approximate surface area is 107 Å². The lowest BCUT2D eigenvalue weighted by Crippen LogP contribution is -2.26. The Kier molecular flexibility index (Phi) is 3.78. The predicted octanol–water partition coefficient (Wildman–Crippen LogP) is 1.73. The van der Waals surface area contributed by atoms with Gasteiger partial charge in [-0.3, -0.25) is 4.79 Å². The summed E-state index contributed by atoms with van der Waals surface area (Å²) in [6, 6.07) is 6.25. The summed E-state index contributed by atoms with van der Waals surface area (Å²) in [5.74, 6) is -1.01. The Morgan fingerprint density at radius 2 is 2.22 bits per heavy atom. The minimum atomic E-state index is -1.01. The number of methoxy groups -OCH3 is 1. The van der Waals surface area contributed by atoms with Crippen LogP contribution in [0.15, 0.2) is 29.1 Å². The van der Waals surface area contributed by atoms with Crippen LogP contribution in [0.25, 0.3) is 10.1 Å². The molecule has 0 aliphatic carbocycles. The molecule has 0 spiro atoms. The van der Waals surface area contributed by atoms with Crippen LogP contribution < -0.4 is 5.56 Å². The van der Waals surface area contributed by atoms with Gasteiger partial charge in [-0.2, -0.15) is 0 Å². The molecule has 0 radical (unpaired) electrons. The molecule has 1 unspecified atom stereocenters. The van der Waals surface area contributed by atoms with Gasteiger partial charge in [0.15, 0.2) is 0 Å². The van der Waals surface area contributed by atoms with Gasteiger partial charge in [0.25, 0.3) is 5.56 Å². The van der Waals surface area contributed by atoms with E-state index in [1.165, 1.54) is 22.6 Å². The second-order valence-corrected chi connectivity index (χ2v) is 4.87. The third-order valence-corrected chi connectivity index (χ3v) is 3.85. The van der Waals surface area contributed by atoms with Crippen molar-refractivity contribution in [1.29, 1.82) is 0 Å². The summed E-state index contributed by atoms with van der Waals surface area (Å²) in [6.45, 7) is 0.303. The number of carboxylic acid groups (broad SMARTS) is 1. The second kappa shape index (κ2) is 5.32. The van der Waals surface area contributed by atoms with Crippen molar-refractivity contribution in [3.63, 3.8) is 0 Å². The first-order valence-corrected chi connectivity index (χ1v) is 6.24. The molecule has 0 saturated carbocycles. The number of ether oxygens (including phenoxy) is 1. The summed E-state index contributed by atoms with van der Waals surface area (Å²) >= 11 is 1.18.